The fraction of sp³-hybridized carbons (Fsp3) is 0.353. The molecule has 0 N–H and O–H groups in total. The second-order valence-electron chi connectivity index (χ2n) is 5.68. The van der Waals surface area contributed by atoms with Crippen molar-refractivity contribution in [2.75, 3.05) is 44.3 Å². The fourth-order valence-corrected chi connectivity index (χ4v) is 4.84. The van der Waals surface area contributed by atoms with Crippen LogP contribution in [-0.4, -0.2) is 59.2 Å². The van der Waals surface area contributed by atoms with Gasteiger partial charge in [0.05, 0.1) is 18.9 Å². The lowest BCUT2D eigenvalue weighted by atomic mass is 10.3. The summed E-state index contributed by atoms with van der Waals surface area (Å²) < 4.78 is 37.3. The van der Waals surface area contributed by atoms with Crippen LogP contribution in [0.3, 0.4) is 0 Å². The number of hydrogen-bond acceptors (Lipinski definition) is 6. The molecule has 1 fully saturated rings. The second-order valence-corrected chi connectivity index (χ2v) is 8.82. The lowest BCUT2D eigenvalue weighted by Crippen LogP contribution is -2.42. The Balaban J connectivity index is 1.60. The molecule has 26 heavy (non-hydrogen) atoms. The summed E-state index contributed by atoms with van der Waals surface area (Å²) in [6.07, 6.45) is 0. The molecular formula is C17H20N2O5S2. The molecule has 140 valence electrons. The normalized spacial score (nSPS) is 14.9. The highest BCUT2D eigenvalue weighted by Crippen LogP contribution is 2.26. The van der Waals surface area contributed by atoms with Gasteiger partial charge in [0.15, 0.2) is 6.61 Å². The van der Waals surface area contributed by atoms with E-state index < -0.39 is 10.0 Å². The van der Waals surface area contributed by atoms with Crippen molar-refractivity contribution in [2.45, 2.75) is 4.21 Å². The number of ether oxygens (including phenoxy) is 2. The largest absolute Gasteiger partial charge is 0.484 e. The number of benzene rings is 1. The summed E-state index contributed by atoms with van der Waals surface area (Å²) in [7, 11) is -2.06. The molecule has 1 saturated heterocycles. The molecule has 9 heteroatoms. The maximum absolute atomic E-state index is 12.5. The van der Waals surface area contributed by atoms with Crippen molar-refractivity contribution >= 4 is 33.0 Å². The zero-order valence-electron chi connectivity index (χ0n) is 14.3. The van der Waals surface area contributed by atoms with Crippen LogP contribution in [0, 0.1) is 0 Å². The van der Waals surface area contributed by atoms with Gasteiger partial charge in [0.1, 0.15) is 9.96 Å². The molecule has 0 bridgehead atoms. The summed E-state index contributed by atoms with van der Waals surface area (Å²) in [5.41, 5.74) is 0.519. The zero-order chi connectivity index (χ0) is 18.6. The van der Waals surface area contributed by atoms with Gasteiger partial charge in [-0.05, 0) is 35.7 Å². The Bertz CT molecular complexity index is 829. The summed E-state index contributed by atoms with van der Waals surface area (Å²) in [6, 6.07) is 9.89. The molecule has 3 rings (SSSR count). The van der Waals surface area contributed by atoms with Crippen molar-refractivity contribution in [3.63, 3.8) is 0 Å². The van der Waals surface area contributed by atoms with Crippen LogP contribution < -0.4 is 9.04 Å². The number of thiophene rings is 1. The smallest absolute Gasteiger partial charge is 0.273 e. The van der Waals surface area contributed by atoms with E-state index in [1.54, 1.807) is 46.7 Å². The van der Waals surface area contributed by atoms with Gasteiger partial charge in [-0.15, -0.1) is 11.3 Å². The lowest BCUT2D eigenvalue weighted by molar-refractivity contribution is -0.137. The van der Waals surface area contributed by atoms with E-state index in [-0.39, 0.29) is 16.7 Å². The first kappa shape index (κ1) is 18.7. The number of carbonyl (C=O) groups excluding carboxylic acids is 1. The van der Waals surface area contributed by atoms with Crippen LogP contribution in [0.4, 0.5) is 5.69 Å². The molecule has 1 aliphatic rings. The molecule has 0 radical (unpaired) electrons. The summed E-state index contributed by atoms with van der Waals surface area (Å²) in [5, 5.41) is 1.73. The third kappa shape index (κ3) is 4.17. The number of nitrogens with zero attached hydrogens (tertiary/aromatic N) is 2. The van der Waals surface area contributed by atoms with E-state index in [4.69, 9.17) is 9.47 Å². The quantitative estimate of drug-likeness (QED) is 0.744. The molecule has 2 heterocycles. The summed E-state index contributed by atoms with van der Waals surface area (Å²) in [4.78, 5) is 13.8. The van der Waals surface area contributed by atoms with Gasteiger partial charge in [0.25, 0.3) is 15.9 Å². The highest BCUT2D eigenvalue weighted by atomic mass is 32.2. The SMILES string of the molecule is CN(c1ccc(OCC(=O)N2CCOCC2)cc1)S(=O)(=O)c1cccs1. The molecule has 0 aliphatic carbocycles. The van der Waals surface area contributed by atoms with Gasteiger partial charge in [-0.1, -0.05) is 6.07 Å². The van der Waals surface area contributed by atoms with E-state index in [0.29, 0.717) is 37.7 Å². The van der Waals surface area contributed by atoms with Gasteiger partial charge in [-0.25, -0.2) is 8.42 Å². The van der Waals surface area contributed by atoms with Gasteiger partial charge in [0, 0.05) is 20.1 Å². The van der Waals surface area contributed by atoms with Crippen molar-refractivity contribution in [3.8, 4) is 5.75 Å². The van der Waals surface area contributed by atoms with Gasteiger partial charge in [0.2, 0.25) is 0 Å². The number of anilines is 1. The van der Waals surface area contributed by atoms with E-state index in [2.05, 4.69) is 0 Å². The van der Waals surface area contributed by atoms with E-state index in [9.17, 15) is 13.2 Å². The molecule has 1 aromatic carbocycles. The third-order valence-electron chi connectivity index (χ3n) is 4.04. The Labute approximate surface area is 156 Å². The minimum Gasteiger partial charge on any atom is -0.484 e. The van der Waals surface area contributed by atoms with Crippen LogP contribution in [0.1, 0.15) is 0 Å². The van der Waals surface area contributed by atoms with E-state index in [1.807, 2.05) is 0 Å². The van der Waals surface area contributed by atoms with E-state index in [0.717, 1.165) is 0 Å². The average Bonchev–Trinajstić information content (AvgIpc) is 3.22. The number of hydrogen-bond donors (Lipinski definition) is 0. The summed E-state index contributed by atoms with van der Waals surface area (Å²) >= 11 is 1.18. The van der Waals surface area contributed by atoms with Gasteiger partial charge in [-0.3, -0.25) is 9.10 Å². The predicted molar refractivity (Wildman–Crippen MR) is 99.2 cm³/mol. The van der Waals surface area contributed by atoms with Gasteiger partial charge < -0.3 is 14.4 Å². The molecule has 1 aromatic heterocycles. The van der Waals surface area contributed by atoms with Gasteiger partial charge >= 0.3 is 0 Å². The highest BCUT2D eigenvalue weighted by molar-refractivity contribution is 7.94. The first-order valence-corrected chi connectivity index (χ1v) is 10.4. The monoisotopic (exact) mass is 396 g/mol. The standard InChI is InChI=1S/C17H20N2O5S2/c1-18(26(21,22)17-3-2-12-25-17)14-4-6-15(7-5-14)24-13-16(20)19-8-10-23-11-9-19/h2-7,12H,8-11,13H2,1H3. The Kier molecular flexibility index (Phi) is 5.80. The molecule has 0 spiro atoms. The molecule has 0 atom stereocenters. The minimum absolute atomic E-state index is 0.0529. The highest BCUT2D eigenvalue weighted by Gasteiger charge is 2.22. The molecule has 1 aliphatic heterocycles. The predicted octanol–water partition coefficient (Wildman–Crippen LogP) is 1.81. The lowest BCUT2D eigenvalue weighted by Gasteiger charge is -2.26. The molecule has 7 nitrogen and oxygen atoms in total. The first-order valence-electron chi connectivity index (χ1n) is 8.09. The van der Waals surface area contributed by atoms with Crippen LogP contribution >= 0.6 is 11.3 Å². The average molecular weight is 396 g/mol. The molecular weight excluding hydrogens is 376 g/mol. The zero-order valence-corrected chi connectivity index (χ0v) is 16.0. The molecule has 0 saturated carbocycles. The Morgan fingerprint density at radius 1 is 1.23 bits per heavy atom. The maximum Gasteiger partial charge on any atom is 0.273 e. The molecule has 2 aromatic rings. The van der Waals surface area contributed by atoms with Crippen molar-refractivity contribution in [1.82, 2.24) is 4.90 Å². The minimum atomic E-state index is -3.56. The number of amides is 1. The molecule has 1 amide bonds. The number of sulfonamides is 1. The summed E-state index contributed by atoms with van der Waals surface area (Å²) in [6.45, 7) is 2.19. The number of rotatable bonds is 6. The maximum atomic E-state index is 12.5. The van der Waals surface area contributed by atoms with Gasteiger partial charge in [-0.2, -0.15) is 0 Å². The van der Waals surface area contributed by atoms with Crippen LogP contribution in [0.2, 0.25) is 0 Å². The van der Waals surface area contributed by atoms with Crippen LogP contribution in [0.5, 0.6) is 5.75 Å². The van der Waals surface area contributed by atoms with Crippen LogP contribution in [0.25, 0.3) is 0 Å². The van der Waals surface area contributed by atoms with E-state index in [1.165, 1.54) is 22.7 Å². The van der Waals surface area contributed by atoms with Crippen LogP contribution in [-0.2, 0) is 19.6 Å². The number of carbonyl (C=O) groups is 1. The third-order valence-corrected chi connectivity index (χ3v) is 7.19. The van der Waals surface area contributed by atoms with Crippen molar-refractivity contribution in [1.29, 1.82) is 0 Å². The topological polar surface area (TPSA) is 76.2 Å². The van der Waals surface area contributed by atoms with E-state index >= 15 is 0 Å². The molecule has 0 unspecified atom stereocenters. The number of morpholine rings is 1. The Morgan fingerprint density at radius 2 is 1.92 bits per heavy atom. The van der Waals surface area contributed by atoms with Crippen molar-refractivity contribution in [3.05, 3.63) is 41.8 Å². The summed E-state index contributed by atoms with van der Waals surface area (Å²) in [5.74, 6) is 0.423. The van der Waals surface area contributed by atoms with Crippen molar-refractivity contribution < 1.29 is 22.7 Å². The fourth-order valence-electron chi connectivity index (χ4n) is 2.49. The first-order chi connectivity index (χ1) is 12.5. The second kappa shape index (κ2) is 8.07. The Morgan fingerprint density at radius 3 is 2.54 bits per heavy atom. The van der Waals surface area contributed by atoms with Crippen molar-refractivity contribution in [2.24, 2.45) is 0 Å². The van der Waals surface area contributed by atoms with Crippen LogP contribution in [0.15, 0.2) is 46.0 Å². The Hall–Kier alpha value is -2.10.